The van der Waals surface area contributed by atoms with E-state index in [-0.39, 0.29) is 11.8 Å². The van der Waals surface area contributed by atoms with Gasteiger partial charge < -0.3 is 5.11 Å². The molecule has 1 aliphatic carbocycles. The highest BCUT2D eigenvalue weighted by Gasteiger charge is 2.46. The minimum atomic E-state index is -0.727. The normalized spacial score (nSPS) is 29.9. The molecular formula is C17H24ClN3O. The molecule has 120 valence electrons. The van der Waals surface area contributed by atoms with Crippen molar-refractivity contribution in [2.24, 2.45) is 11.8 Å². The lowest BCUT2D eigenvalue weighted by molar-refractivity contribution is -0.0474. The molecule has 5 heteroatoms. The van der Waals surface area contributed by atoms with Crippen molar-refractivity contribution in [2.75, 3.05) is 0 Å². The van der Waals surface area contributed by atoms with Crippen molar-refractivity contribution in [3.63, 3.8) is 0 Å². The predicted octanol–water partition coefficient (Wildman–Crippen LogP) is 3.70. The second-order valence-corrected chi connectivity index (χ2v) is 6.41. The highest BCUT2D eigenvalue weighted by Crippen LogP contribution is 2.43. The van der Waals surface area contributed by atoms with E-state index in [0.717, 1.165) is 19.3 Å². The summed E-state index contributed by atoms with van der Waals surface area (Å²) in [5.74, 6) is 0.495. The average Bonchev–Trinajstić information content (AvgIpc) is 3.07. The third kappa shape index (κ3) is 4.08. The van der Waals surface area contributed by atoms with Gasteiger partial charge in [-0.2, -0.15) is 5.10 Å². The number of nitrogens with zero attached hydrogens (tertiary/aromatic N) is 3. The molecule has 1 fully saturated rings. The molecule has 4 nitrogen and oxygen atoms in total. The van der Waals surface area contributed by atoms with E-state index < -0.39 is 5.60 Å². The number of hydrogen-bond donors (Lipinski definition) is 1. The second-order valence-electron chi connectivity index (χ2n) is 5.98. The molecule has 1 heterocycles. The van der Waals surface area contributed by atoms with Crippen molar-refractivity contribution in [1.82, 2.24) is 14.8 Å². The highest BCUT2D eigenvalue weighted by molar-refractivity contribution is 6.31. The Hall–Kier alpha value is -1.39. The van der Waals surface area contributed by atoms with E-state index in [1.165, 1.54) is 6.33 Å². The molecule has 0 unspecified atom stereocenters. The largest absolute Gasteiger partial charge is 0.387 e. The molecule has 0 bridgehead atoms. The van der Waals surface area contributed by atoms with Gasteiger partial charge in [-0.05, 0) is 50.2 Å². The van der Waals surface area contributed by atoms with Gasteiger partial charge in [0, 0.05) is 5.03 Å². The van der Waals surface area contributed by atoms with Gasteiger partial charge in [-0.3, -0.25) is 4.68 Å². The van der Waals surface area contributed by atoms with Gasteiger partial charge in [-0.15, -0.1) is 0 Å². The summed E-state index contributed by atoms with van der Waals surface area (Å²) in [7, 11) is 0. The Bertz CT molecular complexity index is 550. The number of hydrogen-bond acceptors (Lipinski definition) is 3. The van der Waals surface area contributed by atoms with Crippen LogP contribution in [0.4, 0.5) is 0 Å². The minimum Gasteiger partial charge on any atom is -0.387 e. The van der Waals surface area contributed by atoms with E-state index >= 15 is 0 Å². The fraction of sp³-hybridized carbons (Fsp3) is 0.529. The van der Waals surface area contributed by atoms with Crippen LogP contribution in [0.2, 0.25) is 0 Å². The van der Waals surface area contributed by atoms with Gasteiger partial charge in [-0.1, -0.05) is 36.8 Å². The molecule has 1 saturated carbocycles. The molecule has 0 radical (unpaired) electrons. The molecule has 3 atom stereocenters. The predicted molar refractivity (Wildman–Crippen MR) is 89.4 cm³/mol. The number of halogens is 1. The molecule has 0 aliphatic heterocycles. The number of allylic oxidation sites excluding steroid dienone is 6. The van der Waals surface area contributed by atoms with Crippen LogP contribution in [0, 0.1) is 11.8 Å². The first kappa shape index (κ1) is 17.0. The van der Waals surface area contributed by atoms with Crippen LogP contribution in [0.1, 0.15) is 33.1 Å². The van der Waals surface area contributed by atoms with Crippen molar-refractivity contribution in [3.05, 3.63) is 48.1 Å². The lowest BCUT2D eigenvalue weighted by atomic mass is 9.83. The monoisotopic (exact) mass is 321 g/mol. The fourth-order valence-electron chi connectivity index (χ4n) is 3.15. The Morgan fingerprint density at radius 3 is 3.00 bits per heavy atom. The maximum atomic E-state index is 11.1. The van der Waals surface area contributed by atoms with E-state index in [2.05, 4.69) is 23.1 Å². The molecule has 1 aliphatic rings. The smallest absolute Gasteiger partial charge is 0.137 e. The topological polar surface area (TPSA) is 50.9 Å². The number of rotatable bonds is 6. The van der Waals surface area contributed by atoms with Crippen molar-refractivity contribution in [3.8, 4) is 0 Å². The molecule has 0 spiro atoms. The first-order valence-electron chi connectivity index (χ1n) is 7.76. The minimum absolute atomic E-state index is 0.233. The van der Waals surface area contributed by atoms with E-state index in [0.29, 0.717) is 11.6 Å². The van der Waals surface area contributed by atoms with Crippen molar-refractivity contribution >= 4 is 11.6 Å². The van der Waals surface area contributed by atoms with Crippen molar-refractivity contribution in [1.29, 1.82) is 0 Å². The third-order valence-electron chi connectivity index (χ3n) is 4.53. The van der Waals surface area contributed by atoms with E-state index in [9.17, 15) is 5.11 Å². The fourth-order valence-corrected chi connectivity index (χ4v) is 3.35. The summed E-state index contributed by atoms with van der Waals surface area (Å²) >= 11 is 6.01. The molecule has 1 N–H and O–H groups in total. The number of aliphatic hydroxyl groups is 1. The molecular weight excluding hydrogens is 298 g/mol. The standard InChI is InChI=1S/C17H24ClN3O/c1-3-6-16(18)8-5-4-7-15-10-9-14(2)17(15,22)11-21-13-19-12-20-21/h3-6,8,12-15,22H,7,9-11H2,1-2H3/b5-4+,6-3-,16-8+/t14-,15-,17-/m1/s1. The zero-order chi connectivity index (χ0) is 16.0. The zero-order valence-corrected chi connectivity index (χ0v) is 13.9. The van der Waals surface area contributed by atoms with Crippen molar-refractivity contribution in [2.45, 2.75) is 45.3 Å². The average molecular weight is 322 g/mol. The summed E-state index contributed by atoms with van der Waals surface area (Å²) in [5, 5.41) is 15.9. The Balaban J connectivity index is 2.00. The van der Waals surface area contributed by atoms with Crippen LogP contribution in [0.3, 0.4) is 0 Å². The Morgan fingerprint density at radius 2 is 2.32 bits per heavy atom. The molecule has 0 amide bonds. The Kier molecular flexibility index (Phi) is 5.98. The zero-order valence-electron chi connectivity index (χ0n) is 13.2. The molecule has 1 aromatic rings. The summed E-state index contributed by atoms with van der Waals surface area (Å²) in [6.07, 6.45) is 15.8. The summed E-state index contributed by atoms with van der Waals surface area (Å²) in [5.41, 5.74) is -0.727. The molecule has 0 saturated heterocycles. The van der Waals surface area contributed by atoms with E-state index in [1.807, 2.05) is 31.2 Å². The summed E-state index contributed by atoms with van der Waals surface area (Å²) in [6, 6.07) is 0. The molecule has 0 aromatic carbocycles. The van der Waals surface area contributed by atoms with Crippen LogP contribution in [0.15, 0.2) is 48.1 Å². The lowest BCUT2D eigenvalue weighted by Gasteiger charge is -2.33. The van der Waals surface area contributed by atoms with Crippen LogP contribution >= 0.6 is 11.6 Å². The number of aromatic nitrogens is 3. The van der Waals surface area contributed by atoms with Crippen LogP contribution in [-0.4, -0.2) is 25.5 Å². The molecule has 2 rings (SSSR count). The Morgan fingerprint density at radius 1 is 1.50 bits per heavy atom. The van der Waals surface area contributed by atoms with Crippen LogP contribution in [0.25, 0.3) is 0 Å². The van der Waals surface area contributed by atoms with Crippen molar-refractivity contribution < 1.29 is 5.11 Å². The van der Waals surface area contributed by atoms with Gasteiger partial charge in [-0.25, -0.2) is 4.98 Å². The first-order valence-corrected chi connectivity index (χ1v) is 8.14. The summed E-state index contributed by atoms with van der Waals surface area (Å²) in [4.78, 5) is 3.96. The maximum Gasteiger partial charge on any atom is 0.137 e. The third-order valence-corrected chi connectivity index (χ3v) is 4.78. The van der Waals surface area contributed by atoms with Gasteiger partial charge in [0.05, 0.1) is 12.1 Å². The summed E-state index contributed by atoms with van der Waals surface area (Å²) < 4.78 is 1.72. The van der Waals surface area contributed by atoms with Crippen LogP contribution < -0.4 is 0 Å². The quantitative estimate of drug-likeness (QED) is 0.813. The summed E-state index contributed by atoms with van der Waals surface area (Å²) in [6.45, 7) is 4.55. The van der Waals surface area contributed by atoms with Gasteiger partial charge in [0.2, 0.25) is 0 Å². The van der Waals surface area contributed by atoms with E-state index in [1.54, 1.807) is 11.0 Å². The second kappa shape index (κ2) is 7.75. The Labute approximate surface area is 137 Å². The van der Waals surface area contributed by atoms with E-state index in [4.69, 9.17) is 11.6 Å². The molecule has 1 aromatic heterocycles. The lowest BCUT2D eigenvalue weighted by Crippen LogP contribution is -2.43. The van der Waals surface area contributed by atoms with Gasteiger partial charge >= 0.3 is 0 Å². The van der Waals surface area contributed by atoms with Gasteiger partial charge in [0.15, 0.2) is 0 Å². The first-order chi connectivity index (χ1) is 10.6. The van der Waals surface area contributed by atoms with Gasteiger partial charge in [0.1, 0.15) is 12.7 Å². The highest BCUT2D eigenvalue weighted by atomic mass is 35.5. The van der Waals surface area contributed by atoms with Gasteiger partial charge in [0.25, 0.3) is 0 Å². The van der Waals surface area contributed by atoms with Crippen LogP contribution in [-0.2, 0) is 6.54 Å². The molecule has 22 heavy (non-hydrogen) atoms. The van der Waals surface area contributed by atoms with Crippen LogP contribution in [0.5, 0.6) is 0 Å². The SMILES string of the molecule is C\C=C/C(Cl)=C\C=C\C[C@@H]1CC[C@@H](C)[C@]1(O)Cn1cncn1. The maximum absolute atomic E-state index is 11.1.